The maximum atomic E-state index is 12.8. The molecule has 1 aromatic rings. The number of carbonyl (C=O) groups is 2. The smallest absolute Gasteiger partial charge is 0.326 e. The van der Waals surface area contributed by atoms with Crippen LogP contribution in [0.15, 0.2) is 6.07 Å². The zero-order chi connectivity index (χ0) is 15.8. The second-order valence-electron chi connectivity index (χ2n) is 6.40. The first-order valence-corrected chi connectivity index (χ1v) is 8.22. The minimum absolute atomic E-state index is 0.136. The van der Waals surface area contributed by atoms with Crippen LogP contribution in [-0.2, 0) is 11.2 Å². The summed E-state index contributed by atoms with van der Waals surface area (Å²) in [5, 5.41) is 9.56. The third-order valence-electron chi connectivity index (χ3n) is 4.32. The van der Waals surface area contributed by atoms with Crippen molar-refractivity contribution in [2.45, 2.75) is 53.0 Å². The van der Waals surface area contributed by atoms with E-state index >= 15 is 0 Å². The molecule has 1 fully saturated rings. The Morgan fingerprint density at radius 1 is 1.48 bits per heavy atom. The first-order chi connectivity index (χ1) is 9.77. The fourth-order valence-corrected chi connectivity index (χ4v) is 4.27. The largest absolute Gasteiger partial charge is 0.480 e. The van der Waals surface area contributed by atoms with E-state index in [9.17, 15) is 14.7 Å². The lowest BCUT2D eigenvalue weighted by Crippen LogP contribution is -2.56. The molecule has 4 nitrogen and oxygen atoms in total. The van der Waals surface area contributed by atoms with E-state index in [2.05, 4.69) is 6.92 Å². The summed E-state index contributed by atoms with van der Waals surface area (Å²) in [6.07, 6.45) is 2.59. The van der Waals surface area contributed by atoms with Crippen LogP contribution in [0.25, 0.3) is 0 Å². The van der Waals surface area contributed by atoms with Crippen molar-refractivity contribution in [1.82, 2.24) is 4.90 Å². The van der Waals surface area contributed by atoms with Crippen molar-refractivity contribution in [3.8, 4) is 0 Å². The highest BCUT2D eigenvalue weighted by molar-refractivity contribution is 7.14. The number of likely N-dealkylation sites (tertiary alicyclic amines) is 1. The maximum absolute atomic E-state index is 12.8. The van der Waals surface area contributed by atoms with Gasteiger partial charge in [-0.05, 0) is 43.2 Å². The number of aryl methyl sites for hydroxylation is 2. The van der Waals surface area contributed by atoms with Crippen LogP contribution >= 0.6 is 11.3 Å². The molecule has 0 spiro atoms. The highest BCUT2D eigenvalue weighted by Crippen LogP contribution is 2.37. The Morgan fingerprint density at radius 3 is 2.67 bits per heavy atom. The molecule has 1 amide bonds. The maximum Gasteiger partial charge on any atom is 0.326 e. The van der Waals surface area contributed by atoms with E-state index in [-0.39, 0.29) is 11.3 Å². The molecule has 0 aliphatic carbocycles. The van der Waals surface area contributed by atoms with Crippen molar-refractivity contribution < 1.29 is 14.7 Å². The van der Waals surface area contributed by atoms with Crippen LogP contribution in [0.5, 0.6) is 0 Å². The lowest BCUT2D eigenvalue weighted by molar-refractivity contribution is -0.148. The first-order valence-electron chi connectivity index (χ1n) is 7.41. The van der Waals surface area contributed by atoms with Gasteiger partial charge in [0.1, 0.15) is 6.04 Å². The van der Waals surface area contributed by atoms with E-state index in [1.165, 1.54) is 16.2 Å². The Morgan fingerprint density at radius 2 is 2.14 bits per heavy atom. The average Bonchev–Trinajstić information content (AvgIpc) is 2.77. The topological polar surface area (TPSA) is 57.6 Å². The Balaban J connectivity index is 2.33. The van der Waals surface area contributed by atoms with Crippen LogP contribution in [0.4, 0.5) is 0 Å². The normalized spacial score (nSPS) is 21.3. The number of nitrogens with zero attached hydrogens (tertiary/aromatic N) is 1. The molecule has 2 rings (SSSR count). The van der Waals surface area contributed by atoms with Gasteiger partial charge < -0.3 is 10.0 Å². The molecular weight excluding hydrogens is 286 g/mol. The molecule has 0 radical (unpaired) electrons. The van der Waals surface area contributed by atoms with Crippen molar-refractivity contribution in [1.29, 1.82) is 0 Å². The summed E-state index contributed by atoms with van der Waals surface area (Å²) in [6.45, 7) is 8.46. The summed E-state index contributed by atoms with van der Waals surface area (Å²) in [5.41, 5.74) is 0.730. The molecule has 5 heteroatoms. The summed E-state index contributed by atoms with van der Waals surface area (Å²) in [4.78, 5) is 27.8. The molecule has 1 saturated heterocycles. The molecular formula is C16H23NO3S. The highest BCUT2D eigenvalue weighted by atomic mass is 32.1. The number of hydrogen-bond donors (Lipinski definition) is 1. The molecule has 1 atom stereocenters. The fourth-order valence-electron chi connectivity index (χ4n) is 3.20. The lowest BCUT2D eigenvalue weighted by Gasteiger charge is -2.43. The van der Waals surface area contributed by atoms with Crippen molar-refractivity contribution >= 4 is 23.2 Å². The number of thiophene rings is 1. The van der Waals surface area contributed by atoms with E-state index in [1.54, 1.807) is 4.90 Å². The Hall–Kier alpha value is -1.36. The van der Waals surface area contributed by atoms with Gasteiger partial charge in [-0.3, -0.25) is 4.79 Å². The van der Waals surface area contributed by atoms with Crippen molar-refractivity contribution in [2.75, 3.05) is 6.54 Å². The quantitative estimate of drug-likeness (QED) is 0.931. The number of amides is 1. The standard InChI is InChI=1S/C16H23NO3S/c1-5-11-10(2)9-12(21-11)14(18)17-8-6-7-16(3,4)13(17)15(19)20/h9,13H,5-8H2,1-4H3,(H,19,20). The summed E-state index contributed by atoms with van der Waals surface area (Å²) < 4.78 is 0. The number of rotatable bonds is 3. The van der Waals surface area contributed by atoms with Crippen LogP contribution < -0.4 is 0 Å². The fraction of sp³-hybridized carbons (Fsp3) is 0.625. The van der Waals surface area contributed by atoms with Gasteiger partial charge >= 0.3 is 5.97 Å². The molecule has 116 valence electrons. The van der Waals surface area contributed by atoms with Crippen LogP contribution in [0.1, 0.15) is 53.7 Å². The number of carboxylic acids is 1. The van der Waals surface area contributed by atoms with Gasteiger partial charge in [0.15, 0.2) is 0 Å². The van der Waals surface area contributed by atoms with Crippen LogP contribution in [0, 0.1) is 12.3 Å². The molecule has 1 aliphatic heterocycles. The Labute approximate surface area is 129 Å². The molecule has 1 unspecified atom stereocenters. The summed E-state index contributed by atoms with van der Waals surface area (Å²) >= 11 is 1.49. The average molecular weight is 309 g/mol. The zero-order valence-electron chi connectivity index (χ0n) is 13.1. The second-order valence-corrected chi connectivity index (χ2v) is 7.54. The summed E-state index contributed by atoms with van der Waals surface area (Å²) in [5.74, 6) is -1.04. The van der Waals surface area contributed by atoms with E-state index in [1.807, 2.05) is 26.8 Å². The Kier molecular flexibility index (Phi) is 4.42. The molecule has 2 heterocycles. The minimum Gasteiger partial charge on any atom is -0.480 e. The molecule has 1 N–H and O–H groups in total. The molecule has 0 saturated carbocycles. The number of carbonyl (C=O) groups excluding carboxylic acids is 1. The van der Waals surface area contributed by atoms with Gasteiger partial charge in [-0.1, -0.05) is 20.8 Å². The molecule has 1 aliphatic rings. The van der Waals surface area contributed by atoms with Crippen molar-refractivity contribution in [2.24, 2.45) is 5.41 Å². The Bertz CT molecular complexity index is 562. The minimum atomic E-state index is -0.906. The van der Waals surface area contributed by atoms with Crippen LogP contribution in [0.3, 0.4) is 0 Å². The van der Waals surface area contributed by atoms with Gasteiger partial charge in [0.2, 0.25) is 0 Å². The number of hydrogen-bond acceptors (Lipinski definition) is 3. The van der Waals surface area contributed by atoms with E-state index in [0.717, 1.165) is 24.8 Å². The van der Waals surface area contributed by atoms with E-state index in [0.29, 0.717) is 11.4 Å². The van der Waals surface area contributed by atoms with Crippen LogP contribution in [0.2, 0.25) is 0 Å². The van der Waals surface area contributed by atoms with Gasteiger partial charge in [0.25, 0.3) is 5.91 Å². The summed E-state index contributed by atoms with van der Waals surface area (Å²) in [6, 6.07) is 1.15. The predicted octanol–water partition coefficient (Wildman–Crippen LogP) is 3.33. The number of carboxylic acid groups (broad SMARTS) is 1. The molecule has 21 heavy (non-hydrogen) atoms. The first kappa shape index (κ1) is 16.0. The van der Waals surface area contributed by atoms with Crippen molar-refractivity contribution in [3.63, 3.8) is 0 Å². The van der Waals surface area contributed by atoms with E-state index < -0.39 is 12.0 Å². The third-order valence-corrected chi connectivity index (χ3v) is 5.69. The number of piperidine rings is 1. The SMILES string of the molecule is CCc1sc(C(=O)N2CCCC(C)(C)C2C(=O)O)cc1C. The third kappa shape index (κ3) is 2.98. The van der Waals surface area contributed by atoms with Gasteiger partial charge in [-0.2, -0.15) is 0 Å². The monoisotopic (exact) mass is 309 g/mol. The molecule has 0 aromatic carbocycles. The van der Waals surface area contributed by atoms with Gasteiger partial charge in [-0.25, -0.2) is 4.79 Å². The highest BCUT2D eigenvalue weighted by Gasteiger charge is 2.44. The zero-order valence-corrected chi connectivity index (χ0v) is 13.9. The van der Waals surface area contributed by atoms with Crippen LogP contribution in [-0.4, -0.2) is 34.5 Å². The number of aliphatic carboxylic acids is 1. The predicted molar refractivity (Wildman–Crippen MR) is 83.9 cm³/mol. The van der Waals surface area contributed by atoms with Gasteiger partial charge in [0, 0.05) is 11.4 Å². The second kappa shape index (κ2) is 5.79. The van der Waals surface area contributed by atoms with Gasteiger partial charge in [0.05, 0.1) is 4.88 Å². The van der Waals surface area contributed by atoms with E-state index in [4.69, 9.17) is 0 Å². The van der Waals surface area contributed by atoms with Gasteiger partial charge in [-0.15, -0.1) is 11.3 Å². The lowest BCUT2D eigenvalue weighted by atomic mass is 9.76. The summed E-state index contributed by atoms with van der Waals surface area (Å²) in [7, 11) is 0. The van der Waals surface area contributed by atoms with Crippen molar-refractivity contribution in [3.05, 3.63) is 21.4 Å². The molecule has 1 aromatic heterocycles. The molecule has 0 bridgehead atoms.